The van der Waals surface area contributed by atoms with Gasteiger partial charge in [0.2, 0.25) is 15.9 Å². The van der Waals surface area contributed by atoms with E-state index in [2.05, 4.69) is 5.32 Å². The van der Waals surface area contributed by atoms with Crippen molar-refractivity contribution in [3.05, 3.63) is 54.1 Å². The lowest BCUT2D eigenvalue weighted by atomic mass is 10.2. The Balaban J connectivity index is 2.18. The summed E-state index contributed by atoms with van der Waals surface area (Å²) in [5, 5.41) is 2.74. The number of sulfonamides is 1. The number of carbonyl (C=O) groups excluding carboxylic acids is 1. The fourth-order valence-corrected chi connectivity index (χ4v) is 3.17. The van der Waals surface area contributed by atoms with Crippen LogP contribution in [0, 0.1) is 6.92 Å². The zero-order chi connectivity index (χ0) is 18.4. The summed E-state index contributed by atoms with van der Waals surface area (Å²) in [5.74, 6) is 0.234. The normalized spacial score (nSPS) is 11.0. The molecule has 0 unspecified atom stereocenters. The number of anilines is 2. The van der Waals surface area contributed by atoms with E-state index >= 15 is 0 Å². The molecule has 1 amide bonds. The zero-order valence-electron chi connectivity index (χ0n) is 14.5. The number of carbonyl (C=O) groups is 1. The van der Waals surface area contributed by atoms with Gasteiger partial charge in [-0.3, -0.25) is 9.10 Å². The van der Waals surface area contributed by atoms with Gasteiger partial charge in [0, 0.05) is 5.69 Å². The van der Waals surface area contributed by atoms with Crippen molar-refractivity contribution >= 4 is 27.3 Å². The predicted octanol–water partition coefficient (Wildman–Crippen LogP) is 2.80. The number of nitrogens with one attached hydrogen (secondary N) is 1. The summed E-state index contributed by atoms with van der Waals surface area (Å²) in [6.45, 7) is 3.96. The maximum absolute atomic E-state index is 12.3. The molecule has 0 saturated carbocycles. The van der Waals surface area contributed by atoms with E-state index in [9.17, 15) is 13.2 Å². The van der Waals surface area contributed by atoms with Gasteiger partial charge in [0.25, 0.3) is 0 Å². The van der Waals surface area contributed by atoms with E-state index in [-0.39, 0.29) is 6.54 Å². The van der Waals surface area contributed by atoms with Gasteiger partial charge >= 0.3 is 0 Å². The molecule has 6 nitrogen and oxygen atoms in total. The first-order valence-corrected chi connectivity index (χ1v) is 9.72. The minimum absolute atomic E-state index is 0.304. The number of hydrogen-bond acceptors (Lipinski definition) is 4. The predicted molar refractivity (Wildman–Crippen MR) is 99.6 cm³/mol. The van der Waals surface area contributed by atoms with Gasteiger partial charge in [0.1, 0.15) is 12.3 Å². The summed E-state index contributed by atoms with van der Waals surface area (Å²) in [5.41, 5.74) is 1.97. The standard InChI is InChI=1S/C18H22N2O4S/c1-4-24-16-11-9-15(10-12-16)20(25(3,22)23)13-18(21)19-17-8-6-5-7-14(17)2/h5-12H,4,13H2,1-3H3,(H,19,21). The van der Waals surface area contributed by atoms with Crippen LogP contribution in [0.4, 0.5) is 11.4 Å². The van der Waals surface area contributed by atoms with Crippen molar-refractivity contribution < 1.29 is 17.9 Å². The third-order valence-electron chi connectivity index (χ3n) is 3.54. The Morgan fingerprint density at radius 3 is 2.32 bits per heavy atom. The molecule has 0 atom stereocenters. The number of amides is 1. The van der Waals surface area contributed by atoms with Gasteiger partial charge in [-0.2, -0.15) is 0 Å². The summed E-state index contributed by atoms with van der Waals surface area (Å²) in [6, 6.07) is 13.9. The Morgan fingerprint density at radius 1 is 1.12 bits per heavy atom. The number of ether oxygens (including phenoxy) is 1. The molecule has 7 heteroatoms. The van der Waals surface area contributed by atoms with Crippen LogP contribution in [0.5, 0.6) is 5.75 Å². The number of rotatable bonds is 7. The lowest BCUT2D eigenvalue weighted by Gasteiger charge is -2.22. The maximum Gasteiger partial charge on any atom is 0.245 e. The highest BCUT2D eigenvalue weighted by Gasteiger charge is 2.21. The Kier molecular flexibility index (Phi) is 6.03. The van der Waals surface area contributed by atoms with Crippen LogP contribution in [0.1, 0.15) is 12.5 Å². The summed E-state index contributed by atoms with van der Waals surface area (Å²) >= 11 is 0. The zero-order valence-corrected chi connectivity index (χ0v) is 15.3. The molecule has 0 radical (unpaired) electrons. The largest absolute Gasteiger partial charge is 0.494 e. The second-order valence-electron chi connectivity index (χ2n) is 5.56. The molecule has 134 valence electrons. The molecule has 0 aliphatic heterocycles. The Hall–Kier alpha value is -2.54. The SMILES string of the molecule is CCOc1ccc(N(CC(=O)Nc2ccccc2C)S(C)(=O)=O)cc1. The van der Waals surface area contributed by atoms with Gasteiger partial charge in [0.05, 0.1) is 18.6 Å². The Labute approximate surface area is 148 Å². The van der Waals surface area contributed by atoms with E-state index in [0.29, 0.717) is 23.7 Å². The van der Waals surface area contributed by atoms with Crippen molar-refractivity contribution in [3.63, 3.8) is 0 Å². The van der Waals surface area contributed by atoms with E-state index in [0.717, 1.165) is 16.1 Å². The monoisotopic (exact) mass is 362 g/mol. The van der Waals surface area contributed by atoms with Crippen molar-refractivity contribution in [3.8, 4) is 5.75 Å². The molecule has 0 aliphatic carbocycles. The molecule has 0 bridgehead atoms. The topological polar surface area (TPSA) is 75.7 Å². The van der Waals surface area contributed by atoms with Crippen molar-refractivity contribution in [2.45, 2.75) is 13.8 Å². The van der Waals surface area contributed by atoms with Crippen LogP contribution in [0.15, 0.2) is 48.5 Å². The Morgan fingerprint density at radius 2 is 1.76 bits per heavy atom. The van der Waals surface area contributed by atoms with Crippen molar-refractivity contribution in [2.75, 3.05) is 29.0 Å². The summed E-state index contributed by atoms with van der Waals surface area (Å²) < 4.78 is 30.6. The third kappa shape index (κ3) is 5.22. The van der Waals surface area contributed by atoms with Crippen LogP contribution >= 0.6 is 0 Å². The number of para-hydroxylation sites is 1. The van der Waals surface area contributed by atoms with Crippen LogP contribution in [-0.2, 0) is 14.8 Å². The molecule has 2 rings (SSSR count). The Bertz CT molecular complexity index is 832. The summed E-state index contributed by atoms with van der Waals surface area (Å²) in [7, 11) is -3.61. The fourth-order valence-electron chi connectivity index (χ4n) is 2.31. The lowest BCUT2D eigenvalue weighted by Crippen LogP contribution is -2.37. The minimum Gasteiger partial charge on any atom is -0.494 e. The van der Waals surface area contributed by atoms with Gasteiger partial charge in [-0.25, -0.2) is 8.42 Å². The van der Waals surface area contributed by atoms with E-state index in [1.807, 2.05) is 32.0 Å². The molecule has 0 saturated heterocycles. The molecule has 1 N–H and O–H groups in total. The molecule has 0 aliphatic rings. The number of benzene rings is 2. The van der Waals surface area contributed by atoms with Crippen molar-refractivity contribution in [2.24, 2.45) is 0 Å². The van der Waals surface area contributed by atoms with Gasteiger partial charge in [-0.05, 0) is 49.7 Å². The molecule has 0 fully saturated rings. The number of aryl methyl sites for hydroxylation is 1. The van der Waals surface area contributed by atoms with E-state index in [4.69, 9.17) is 4.74 Å². The lowest BCUT2D eigenvalue weighted by molar-refractivity contribution is -0.114. The summed E-state index contributed by atoms with van der Waals surface area (Å²) in [6.07, 6.45) is 1.07. The summed E-state index contributed by atoms with van der Waals surface area (Å²) in [4.78, 5) is 12.3. The van der Waals surface area contributed by atoms with E-state index in [1.165, 1.54) is 0 Å². The fraction of sp³-hybridized carbons (Fsp3) is 0.278. The van der Waals surface area contributed by atoms with Crippen LogP contribution in [-0.4, -0.2) is 33.7 Å². The van der Waals surface area contributed by atoms with E-state index in [1.54, 1.807) is 30.3 Å². The van der Waals surface area contributed by atoms with Crippen LogP contribution in [0.2, 0.25) is 0 Å². The molecule has 25 heavy (non-hydrogen) atoms. The molecule has 2 aromatic carbocycles. The van der Waals surface area contributed by atoms with Crippen LogP contribution in [0.25, 0.3) is 0 Å². The first kappa shape index (κ1) is 18.8. The third-order valence-corrected chi connectivity index (χ3v) is 4.68. The molecule has 2 aromatic rings. The first-order valence-electron chi connectivity index (χ1n) is 7.87. The maximum atomic E-state index is 12.3. The number of hydrogen-bond donors (Lipinski definition) is 1. The van der Waals surface area contributed by atoms with Crippen LogP contribution < -0.4 is 14.4 Å². The van der Waals surface area contributed by atoms with Crippen LogP contribution in [0.3, 0.4) is 0 Å². The number of nitrogens with zero attached hydrogens (tertiary/aromatic N) is 1. The smallest absolute Gasteiger partial charge is 0.245 e. The van der Waals surface area contributed by atoms with Gasteiger partial charge in [-0.1, -0.05) is 18.2 Å². The molecule has 0 aromatic heterocycles. The average molecular weight is 362 g/mol. The highest BCUT2D eigenvalue weighted by molar-refractivity contribution is 7.92. The highest BCUT2D eigenvalue weighted by atomic mass is 32.2. The van der Waals surface area contributed by atoms with Gasteiger partial charge in [0.15, 0.2) is 0 Å². The molecular formula is C18H22N2O4S. The van der Waals surface area contributed by atoms with E-state index < -0.39 is 15.9 Å². The van der Waals surface area contributed by atoms with Crippen molar-refractivity contribution in [1.82, 2.24) is 0 Å². The minimum atomic E-state index is -3.61. The quantitative estimate of drug-likeness (QED) is 0.822. The molecule has 0 heterocycles. The second-order valence-corrected chi connectivity index (χ2v) is 7.47. The first-order chi connectivity index (χ1) is 11.8. The average Bonchev–Trinajstić information content (AvgIpc) is 2.55. The van der Waals surface area contributed by atoms with Gasteiger partial charge in [-0.15, -0.1) is 0 Å². The second kappa shape index (κ2) is 8.02. The highest BCUT2D eigenvalue weighted by Crippen LogP contribution is 2.22. The molecule has 0 spiro atoms. The van der Waals surface area contributed by atoms with Crippen molar-refractivity contribution in [1.29, 1.82) is 0 Å². The molecular weight excluding hydrogens is 340 g/mol. The van der Waals surface area contributed by atoms with Gasteiger partial charge < -0.3 is 10.1 Å².